The summed E-state index contributed by atoms with van der Waals surface area (Å²) in [5, 5.41) is 13.1. The van der Waals surface area contributed by atoms with E-state index in [1.54, 1.807) is 11.0 Å². The van der Waals surface area contributed by atoms with E-state index in [4.69, 9.17) is 0 Å². The summed E-state index contributed by atoms with van der Waals surface area (Å²) in [4.78, 5) is 26.7. The van der Waals surface area contributed by atoms with E-state index < -0.39 is 0 Å². The topological polar surface area (TPSA) is 90.1 Å². The molecule has 0 saturated carbocycles. The monoisotopic (exact) mass is 481 g/mol. The Hall–Kier alpha value is -3.13. The lowest BCUT2D eigenvalue weighted by molar-refractivity contribution is -0.131. The van der Waals surface area contributed by atoms with Crippen LogP contribution in [0.25, 0.3) is 11.3 Å². The second kappa shape index (κ2) is 9.78. The van der Waals surface area contributed by atoms with Gasteiger partial charge in [0.25, 0.3) is 5.91 Å². The highest BCUT2D eigenvalue weighted by Crippen LogP contribution is 2.24. The van der Waals surface area contributed by atoms with Crippen LogP contribution in [0.15, 0.2) is 65.1 Å². The summed E-state index contributed by atoms with van der Waals surface area (Å²) in [6.45, 7) is 1.30. The average molecular weight is 482 g/mol. The van der Waals surface area contributed by atoms with Crippen LogP contribution in [0.2, 0.25) is 0 Å². The molecule has 2 amide bonds. The molecule has 1 aliphatic heterocycles. The molecule has 2 heterocycles. The molecule has 0 spiro atoms. The van der Waals surface area contributed by atoms with Crippen molar-refractivity contribution in [3.63, 3.8) is 0 Å². The lowest BCUT2D eigenvalue weighted by atomic mass is 10.0. The molecule has 0 radical (unpaired) electrons. The molecule has 1 aromatic heterocycles. The summed E-state index contributed by atoms with van der Waals surface area (Å²) < 4.78 is 1.03. The number of hydrogen-bond donors (Lipinski definition) is 3. The molecule has 1 aliphatic rings. The summed E-state index contributed by atoms with van der Waals surface area (Å²) in [6, 6.07) is 19.7. The Labute approximate surface area is 189 Å². The fourth-order valence-electron chi connectivity index (χ4n) is 3.63. The SMILES string of the molecule is O=C(NCC(=O)N1CCC(Nc2ccccc2Br)CC1)c1cc(-c2ccccc2)[nH]n1. The molecule has 8 heteroatoms. The first-order valence-corrected chi connectivity index (χ1v) is 11.1. The van der Waals surface area contributed by atoms with E-state index in [0.29, 0.717) is 19.1 Å². The number of hydrogen-bond acceptors (Lipinski definition) is 4. The first-order valence-electron chi connectivity index (χ1n) is 10.3. The molecule has 0 unspecified atom stereocenters. The molecule has 160 valence electrons. The number of H-pyrrole nitrogens is 1. The third-order valence-electron chi connectivity index (χ3n) is 5.38. The number of para-hydroxylation sites is 1. The predicted molar refractivity (Wildman–Crippen MR) is 124 cm³/mol. The van der Waals surface area contributed by atoms with E-state index in [9.17, 15) is 9.59 Å². The summed E-state index contributed by atoms with van der Waals surface area (Å²) in [6.07, 6.45) is 1.72. The second-order valence-corrected chi connectivity index (χ2v) is 8.35. The minimum Gasteiger partial charge on any atom is -0.381 e. The minimum atomic E-state index is -0.364. The lowest BCUT2D eigenvalue weighted by Gasteiger charge is -2.33. The maximum Gasteiger partial charge on any atom is 0.272 e. The van der Waals surface area contributed by atoms with Gasteiger partial charge < -0.3 is 15.5 Å². The normalized spacial score (nSPS) is 14.3. The number of anilines is 1. The summed E-state index contributed by atoms with van der Waals surface area (Å²) in [5.74, 6) is -0.441. The van der Waals surface area contributed by atoms with Gasteiger partial charge in [-0.1, -0.05) is 42.5 Å². The van der Waals surface area contributed by atoms with Gasteiger partial charge in [0.1, 0.15) is 0 Å². The fourth-order valence-corrected chi connectivity index (χ4v) is 4.03. The number of halogens is 1. The molecule has 2 aromatic carbocycles. The quantitative estimate of drug-likeness (QED) is 0.500. The van der Waals surface area contributed by atoms with Crippen LogP contribution >= 0.6 is 15.9 Å². The van der Waals surface area contributed by atoms with Crippen molar-refractivity contribution in [3.8, 4) is 11.3 Å². The van der Waals surface area contributed by atoms with Gasteiger partial charge in [0.2, 0.25) is 5.91 Å². The number of rotatable bonds is 6. The van der Waals surface area contributed by atoms with Crippen molar-refractivity contribution in [2.75, 3.05) is 25.0 Å². The number of nitrogens with zero attached hydrogens (tertiary/aromatic N) is 2. The Balaban J connectivity index is 1.24. The maximum absolute atomic E-state index is 12.5. The largest absolute Gasteiger partial charge is 0.381 e. The number of nitrogens with one attached hydrogen (secondary N) is 3. The Morgan fingerprint density at radius 1 is 1.06 bits per heavy atom. The zero-order chi connectivity index (χ0) is 21.6. The Bertz CT molecular complexity index is 1040. The number of carbonyl (C=O) groups excluding carboxylic acids is 2. The third-order valence-corrected chi connectivity index (χ3v) is 6.07. The Morgan fingerprint density at radius 2 is 1.77 bits per heavy atom. The number of amides is 2. The highest BCUT2D eigenvalue weighted by atomic mass is 79.9. The number of likely N-dealkylation sites (tertiary alicyclic amines) is 1. The second-order valence-electron chi connectivity index (χ2n) is 7.49. The van der Waals surface area contributed by atoms with Crippen LogP contribution in [0.3, 0.4) is 0 Å². The van der Waals surface area contributed by atoms with E-state index in [0.717, 1.165) is 34.3 Å². The first kappa shape index (κ1) is 21.1. The molecule has 3 aromatic rings. The minimum absolute atomic E-state index is 0.0330. The fraction of sp³-hybridized carbons (Fsp3) is 0.261. The maximum atomic E-state index is 12.5. The van der Waals surface area contributed by atoms with E-state index in [-0.39, 0.29) is 24.1 Å². The highest BCUT2D eigenvalue weighted by Gasteiger charge is 2.23. The van der Waals surface area contributed by atoms with Crippen molar-refractivity contribution in [2.45, 2.75) is 18.9 Å². The van der Waals surface area contributed by atoms with Crippen LogP contribution in [-0.2, 0) is 4.79 Å². The molecule has 0 bridgehead atoms. The molecular formula is C23H24BrN5O2. The van der Waals surface area contributed by atoms with Gasteiger partial charge in [-0.15, -0.1) is 0 Å². The van der Waals surface area contributed by atoms with Crippen molar-refractivity contribution < 1.29 is 9.59 Å². The number of benzene rings is 2. The summed E-state index contributed by atoms with van der Waals surface area (Å²) in [5.41, 5.74) is 3.04. The van der Waals surface area contributed by atoms with E-state index >= 15 is 0 Å². The summed E-state index contributed by atoms with van der Waals surface area (Å²) in [7, 11) is 0. The number of aromatic nitrogens is 2. The van der Waals surface area contributed by atoms with Gasteiger partial charge in [0.15, 0.2) is 5.69 Å². The van der Waals surface area contributed by atoms with Crippen LogP contribution in [0.5, 0.6) is 0 Å². The molecule has 4 rings (SSSR count). The third kappa shape index (κ3) is 5.32. The molecule has 0 aliphatic carbocycles. The van der Waals surface area contributed by atoms with Crippen LogP contribution in [0.1, 0.15) is 23.3 Å². The number of aromatic amines is 1. The zero-order valence-electron chi connectivity index (χ0n) is 17.0. The van der Waals surface area contributed by atoms with E-state index in [1.165, 1.54) is 0 Å². The van der Waals surface area contributed by atoms with Crippen LogP contribution in [0, 0.1) is 0 Å². The lowest BCUT2D eigenvalue weighted by Crippen LogP contribution is -2.46. The van der Waals surface area contributed by atoms with Gasteiger partial charge >= 0.3 is 0 Å². The predicted octanol–water partition coefficient (Wildman–Crippen LogP) is 3.67. The number of piperidine rings is 1. The molecular weight excluding hydrogens is 458 g/mol. The molecule has 0 atom stereocenters. The number of carbonyl (C=O) groups is 2. The average Bonchev–Trinajstić information content (AvgIpc) is 3.30. The summed E-state index contributed by atoms with van der Waals surface area (Å²) >= 11 is 3.55. The van der Waals surface area contributed by atoms with Gasteiger partial charge in [-0.3, -0.25) is 14.7 Å². The molecule has 31 heavy (non-hydrogen) atoms. The van der Waals surface area contributed by atoms with Crippen LogP contribution < -0.4 is 10.6 Å². The van der Waals surface area contributed by atoms with Crippen molar-refractivity contribution >= 4 is 33.4 Å². The first-order chi connectivity index (χ1) is 15.1. The van der Waals surface area contributed by atoms with Crippen LogP contribution in [-0.4, -0.2) is 52.6 Å². The Kier molecular flexibility index (Phi) is 6.66. The smallest absolute Gasteiger partial charge is 0.272 e. The molecule has 1 fully saturated rings. The van der Waals surface area contributed by atoms with Gasteiger partial charge in [-0.2, -0.15) is 5.10 Å². The standard InChI is InChI=1S/C23H24BrN5O2/c24-18-8-4-5-9-19(18)26-17-10-12-29(13-11-17)22(30)15-25-23(31)21-14-20(27-28-21)16-6-2-1-3-7-16/h1-9,14,17,26H,10-13,15H2,(H,25,31)(H,27,28). The molecule has 1 saturated heterocycles. The van der Waals surface area contributed by atoms with Gasteiger partial charge in [-0.05, 0) is 52.5 Å². The van der Waals surface area contributed by atoms with Crippen molar-refractivity contribution in [2.24, 2.45) is 0 Å². The van der Waals surface area contributed by atoms with E-state index in [1.807, 2.05) is 54.6 Å². The van der Waals surface area contributed by atoms with Gasteiger partial charge in [-0.25, -0.2) is 0 Å². The van der Waals surface area contributed by atoms with E-state index in [2.05, 4.69) is 36.8 Å². The van der Waals surface area contributed by atoms with Crippen molar-refractivity contribution in [3.05, 3.63) is 70.8 Å². The van der Waals surface area contributed by atoms with Gasteiger partial charge in [0.05, 0.1) is 12.2 Å². The van der Waals surface area contributed by atoms with Crippen LogP contribution in [0.4, 0.5) is 5.69 Å². The zero-order valence-corrected chi connectivity index (χ0v) is 18.6. The highest BCUT2D eigenvalue weighted by molar-refractivity contribution is 9.10. The van der Waals surface area contributed by atoms with Crippen molar-refractivity contribution in [1.29, 1.82) is 0 Å². The van der Waals surface area contributed by atoms with Crippen molar-refractivity contribution in [1.82, 2.24) is 20.4 Å². The van der Waals surface area contributed by atoms with Gasteiger partial charge in [0, 0.05) is 29.3 Å². The molecule has 3 N–H and O–H groups in total. The Morgan fingerprint density at radius 3 is 2.52 bits per heavy atom. The molecule has 7 nitrogen and oxygen atoms in total.